The number of esters is 1. The van der Waals surface area contributed by atoms with Crippen LogP contribution in [-0.4, -0.2) is 55.4 Å². The molecule has 1 N–H and O–H groups in total. The van der Waals surface area contributed by atoms with Crippen LogP contribution in [0.2, 0.25) is 0 Å². The second kappa shape index (κ2) is 7.81. The fourth-order valence-electron chi connectivity index (χ4n) is 2.26. The molecule has 1 aliphatic heterocycles. The zero-order chi connectivity index (χ0) is 14.3. The Labute approximate surface area is 114 Å². The van der Waals surface area contributed by atoms with Crippen LogP contribution in [0.4, 0.5) is 0 Å². The molecule has 7 heteroatoms. The highest BCUT2D eigenvalue weighted by molar-refractivity contribution is 7.89. The van der Waals surface area contributed by atoms with E-state index >= 15 is 0 Å². The van der Waals surface area contributed by atoms with Crippen molar-refractivity contribution in [2.24, 2.45) is 0 Å². The molecule has 0 aromatic carbocycles. The minimum atomic E-state index is -3.51. The van der Waals surface area contributed by atoms with Crippen LogP contribution in [0.3, 0.4) is 0 Å². The lowest BCUT2D eigenvalue weighted by molar-refractivity contribution is -0.142. The van der Waals surface area contributed by atoms with E-state index in [0.717, 1.165) is 19.3 Å². The number of carbonyl (C=O) groups excluding carboxylic acids is 1. The van der Waals surface area contributed by atoms with Gasteiger partial charge in [0.2, 0.25) is 10.0 Å². The molecule has 1 aliphatic rings. The van der Waals surface area contributed by atoms with Crippen molar-refractivity contribution in [1.29, 1.82) is 0 Å². The number of aliphatic hydroxyl groups excluding tert-OH is 1. The number of nitrogens with zero attached hydrogens (tertiary/aromatic N) is 1. The molecule has 0 saturated carbocycles. The van der Waals surface area contributed by atoms with Gasteiger partial charge in [0, 0.05) is 12.6 Å². The maximum atomic E-state index is 12.2. The predicted octanol–water partition coefficient (Wildman–Crippen LogP) is 0.506. The molecule has 0 spiro atoms. The van der Waals surface area contributed by atoms with Crippen molar-refractivity contribution < 1.29 is 23.1 Å². The SMILES string of the molecule is CCOC(=O)CCS(=O)(=O)N1CCCCCC1CO. The van der Waals surface area contributed by atoms with E-state index in [1.807, 2.05) is 0 Å². The average molecular weight is 293 g/mol. The van der Waals surface area contributed by atoms with Gasteiger partial charge in [-0.15, -0.1) is 0 Å². The Morgan fingerprint density at radius 1 is 1.37 bits per heavy atom. The molecule has 0 aliphatic carbocycles. The molecule has 19 heavy (non-hydrogen) atoms. The van der Waals surface area contributed by atoms with Crippen LogP contribution in [-0.2, 0) is 19.6 Å². The molecule has 1 heterocycles. The summed E-state index contributed by atoms with van der Waals surface area (Å²) in [6, 6.07) is -0.352. The Balaban J connectivity index is 2.65. The number of sulfonamides is 1. The van der Waals surface area contributed by atoms with Crippen LogP contribution in [0, 0.1) is 0 Å². The molecular weight excluding hydrogens is 270 g/mol. The van der Waals surface area contributed by atoms with Gasteiger partial charge < -0.3 is 9.84 Å². The first-order valence-electron chi connectivity index (χ1n) is 6.77. The van der Waals surface area contributed by atoms with Crippen LogP contribution in [0.15, 0.2) is 0 Å². The van der Waals surface area contributed by atoms with Crippen molar-refractivity contribution in [3.05, 3.63) is 0 Å². The molecule has 1 atom stereocenters. The fourth-order valence-corrected chi connectivity index (χ4v) is 3.95. The quantitative estimate of drug-likeness (QED) is 0.721. The summed E-state index contributed by atoms with van der Waals surface area (Å²) in [7, 11) is -3.51. The van der Waals surface area contributed by atoms with Gasteiger partial charge in [-0.2, -0.15) is 4.31 Å². The van der Waals surface area contributed by atoms with Crippen molar-refractivity contribution in [3.8, 4) is 0 Å². The van der Waals surface area contributed by atoms with E-state index in [1.54, 1.807) is 6.92 Å². The Kier molecular flexibility index (Phi) is 6.74. The second-order valence-corrected chi connectivity index (χ2v) is 6.71. The molecule has 0 aromatic heterocycles. The van der Waals surface area contributed by atoms with Crippen molar-refractivity contribution in [2.45, 2.75) is 45.1 Å². The monoisotopic (exact) mass is 293 g/mol. The van der Waals surface area contributed by atoms with E-state index in [2.05, 4.69) is 0 Å². The van der Waals surface area contributed by atoms with Gasteiger partial charge in [-0.3, -0.25) is 4.79 Å². The Hall–Kier alpha value is -0.660. The fraction of sp³-hybridized carbons (Fsp3) is 0.917. The van der Waals surface area contributed by atoms with E-state index in [0.29, 0.717) is 13.0 Å². The Morgan fingerprint density at radius 2 is 2.11 bits per heavy atom. The van der Waals surface area contributed by atoms with Crippen LogP contribution in [0.5, 0.6) is 0 Å². The number of rotatable bonds is 6. The highest BCUT2D eigenvalue weighted by Crippen LogP contribution is 2.20. The third kappa shape index (κ3) is 5.08. The minimum Gasteiger partial charge on any atom is -0.466 e. The van der Waals surface area contributed by atoms with Crippen molar-refractivity contribution >= 4 is 16.0 Å². The number of ether oxygens (including phenoxy) is 1. The topological polar surface area (TPSA) is 83.9 Å². The summed E-state index contributed by atoms with van der Waals surface area (Å²) < 4.78 is 30.5. The Bertz CT molecular complexity index is 382. The number of hydrogen-bond donors (Lipinski definition) is 1. The molecule has 1 fully saturated rings. The first-order valence-corrected chi connectivity index (χ1v) is 8.38. The summed E-state index contributed by atoms with van der Waals surface area (Å²) in [5.74, 6) is -0.746. The molecule has 112 valence electrons. The molecular formula is C12H23NO5S. The molecule has 0 aromatic rings. The van der Waals surface area contributed by atoms with Gasteiger partial charge in [-0.05, 0) is 19.8 Å². The Morgan fingerprint density at radius 3 is 2.74 bits per heavy atom. The third-order valence-electron chi connectivity index (χ3n) is 3.26. The summed E-state index contributed by atoms with van der Waals surface area (Å²) in [6.07, 6.45) is 3.24. The molecule has 6 nitrogen and oxygen atoms in total. The van der Waals surface area contributed by atoms with Crippen molar-refractivity contribution in [1.82, 2.24) is 4.31 Å². The van der Waals surface area contributed by atoms with Gasteiger partial charge in [-0.1, -0.05) is 12.8 Å². The maximum Gasteiger partial charge on any atom is 0.306 e. The highest BCUT2D eigenvalue weighted by atomic mass is 32.2. The van der Waals surface area contributed by atoms with E-state index < -0.39 is 16.0 Å². The zero-order valence-electron chi connectivity index (χ0n) is 11.4. The summed E-state index contributed by atoms with van der Waals surface area (Å²) in [4.78, 5) is 11.2. The summed E-state index contributed by atoms with van der Waals surface area (Å²) in [5, 5.41) is 9.31. The summed E-state index contributed by atoms with van der Waals surface area (Å²) >= 11 is 0. The number of aliphatic hydroxyl groups is 1. The maximum absolute atomic E-state index is 12.2. The van der Waals surface area contributed by atoms with Crippen LogP contribution in [0.25, 0.3) is 0 Å². The van der Waals surface area contributed by atoms with Gasteiger partial charge >= 0.3 is 5.97 Å². The molecule has 0 bridgehead atoms. The molecule has 0 radical (unpaired) electrons. The lowest BCUT2D eigenvalue weighted by Gasteiger charge is -2.27. The van der Waals surface area contributed by atoms with Gasteiger partial charge in [-0.25, -0.2) is 8.42 Å². The van der Waals surface area contributed by atoms with Crippen LogP contribution in [0.1, 0.15) is 39.0 Å². The third-order valence-corrected chi connectivity index (χ3v) is 5.18. The zero-order valence-corrected chi connectivity index (χ0v) is 12.2. The first kappa shape index (κ1) is 16.4. The average Bonchev–Trinajstić information content (AvgIpc) is 2.62. The van der Waals surface area contributed by atoms with Crippen molar-refractivity contribution in [3.63, 3.8) is 0 Å². The van der Waals surface area contributed by atoms with Crippen molar-refractivity contribution in [2.75, 3.05) is 25.5 Å². The predicted molar refractivity (Wildman–Crippen MR) is 71.1 cm³/mol. The molecule has 1 unspecified atom stereocenters. The summed E-state index contributed by atoms with van der Waals surface area (Å²) in [5.41, 5.74) is 0. The lowest BCUT2D eigenvalue weighted by Crippen LogP contribution is -2.43. The van der Waals surface area contributed by atoms with Gasteiger partial charge in [0.15, 0.2) is 0 Å². The smallest absolute Gasteiger partial charge is 0.306 e. The molecule has 0 amide bonds. The highest BCUT2D eigenvalue weighted by Gasteiger charge is 2.30. The standard InChI is InChI=1S/C12H23NO5S/c1-2-18-12(15)7-9-19(16,17)13-8-5-3-4-6-11(13)10-14/h11,14H,2-10H2,1H3. The van der Waals surface area contributed by atoms with E-state index in [9.17, 15) is 18.3 Å². The molecule has 1 saturated heterocycles. The largest absolute Gasteiger partial charge is 0.466 e. The van der Waals surface area contributed by atoms with Gasteiger partial charge in [0.1, 0.15) is 0 Å². The van der Waals surface area contributed by atoms with Gasteiger partial charge in [0.25, 0.3) is 0 Å². The number of carbonyl (C=O) groups is 1. The summed E-state index contributed by atoms with van der Waals surface area (Å²) in [6.45, 7) is 2.19. The van der Waals surface area contributed by atoms with Crippen LogP contribution < -0.4 is 0 Å². The normalized spacial score (nSPS) is 21.9. The van der Waals surface area contributed by atoms with Gasteiger partial charge in [0.05, 0.1) is 25.4 Å². The first-order chi connectivity index (χ1) is 9.01. The second-order valence-electron chi connectivity index (χ2n) is 4.67. The minimum absolute atomic E-state index is 0.134. The number of hydrogen-bond acceptors (Lipinski definition) is 5. The molecule has 1 rings (SSSR count). The lowest BCUT2D eigenvalue weighted by atomic mass is 10.1. The van der Waals surface area contributed by atoms with E-state index in [4.69, 9.17) is 4.74 Å². The van der Waals surface area contributed by atoms with E-state index in [1.165, 1.54) is 4.31 Å². The van der Waals surface area contributed by atoms with E-state index in [-0.39, 0.29) is 31.4 Å². The van der Waals surface area contributed by atoms with Crippen LogP contribution >= 0.6 is 0 Å².